The molecule has 9 nitrogen and oxygen atoms in total. The van der Waals surface area contributed by atoms with E-state index in [4.69, 9.17) is 21.3 Å². The number of ether oxygens (including phenoxy) is 1. The van der Waals surface area contributed by atoms with E-state index in [1.54, 1.807) is 25.3 Å². The van der Waals surface area contributed by atoms with Crippen LogP contribution in [0.25, 0.3) is 22.2 Å². The number of benzene rings is 3. The van der Waals surface area contributed by atoms with Crippen molar-refractivity contribution in [1.29, 1.82) is 0 Å². The summed E-state index contributed by atoms with van der Waals surface area (Å²) in [6.45, 7) is 0.313. The minimum Gasteiger partial charge on any atom is -0.507 e. The second-order valence-corrected chi connectivity index (χ2v) is 9.36. The lowest BCUT2D eigenvalue weighted by atomic mass is 10.1. The molecule has 0 radical (unpaired) electrons. The van der Waals surface area contributed by atoms with Crippen LogP contribution in [0, 0.1) is 0 Å². The molecular formula is C29H26ClN5O4. The molecule has 198 valence electrons. The predicted octanol–water partition coefficient (Wildman–Crippen LogP) is 5.07. The Labute approximate surface area is 228 Å². The monoisotopic (exact) mass is 543 g/mol. The summed E-state index contributed by atoms with van der Waals surface area (Å²) in [6, 6.07) is 22.6. The molecule has 0 saturated heterocycles. The van der Waals surface area contributed by atoms with Gasteiger partial charge in [-0.2, -0.15) is 0 Å². The SMILES string of the molecule is COc1cccc(CNC(=O)NC(Cc2ccccc2)c2nc(-c3ccc4[nH]c(=O)cc(O)c4c3)c(Cl)[nH]2)c1. The molecule has 10 heteroatoms. The molecule has 0 aliphatic carbocycles. The molecule has 2 amide bonds. The molecule has 39 heavy (non-hydrogen) atoms. The zero-order valence-corrected chi connectivity index (χ0v) is 21.8. The molecule has 5 aromatic rings. The third kappa shape index (κ3) is 6.05. The Morgan fingerprint density at radius 1 is 1.03 bits per heavy atom. The first-order valence-corrected chi connectivity index (χ1v) is 12.6. The van der Waals surface area contributed by atoms with Crippen molar-refractivity contribution in [2.75, 3.05) is 7.11 Å². The fourth-order valence-corrected chi connectivity index (χ4v) is 4.60. The number of carbonyl (C=O) groups excluding carboxylic acids is 1. The summed E-state index contributed by atoms with van der Waals surface area (Å²) in [6.07, 6.45) is 0.469. The van der Waals surface area contributed by atoms with Gasteiger partial charge < -0.3 is 30.4 Å². The average molecular weight is 544 g/mol. The number of aromatic amines is 2. The number of hydrogen-bond donors (Lipinski definition) is 5. The first-order chi connectivity index (χ1) is 18.9. The Balaban J connectivity index is 1.41. The Hall–Kier alpha value is -4.76. The number of H-pyrrole nitrogens is 2. The van der Waals surface area contributed by atoms with Gasteiger partial charge in [0.1, 0.15) is 28.2 Å². The summed E-state index contributed by atoms with van der Waals surface area (Å²) in [5, 5.41) is 16.9. The molecule has 0 aliphatic rings. The van der Waals surface area contributed by atoms with Crippen LogP contribution in [0.1, 0.15) is 23.0 Å². The summed E-state index contributed by atoms with van der Waals surface area (Å²) in [5.74, 6) is 1.04. The molecule has 3 aromatic carbocycles. The molecule has 2 aromatic heterocycles. The van der Waals surface area contributed by atoms with Crippen molar-refractivity contribution in [3.63, 3.8) is 0 Å². The van der Waals surface area contributed by atoms with Gasteiger partial charge in [0.05, 0.1) is 18.7 Å². The maximum absolute atomic E-state index is 12.9. The highest BCUT2D eigenvalue weighted by Crippen LogP contribution is 2.32. The summed E-state index contributed by atoms with van der Waals surface area (Å²) in [4.78, 5) is 35.1. The number of pyridine rings is 1. The van der Waals surface area contributed by atoms with E-state index in [0.717, 1.165) is 17.2 Å². The van der Waals surface area contributed by atoms with Gasteiger partial charge in [0, 0.05) is 23.6 Å². The lowest BCUT2D eigenvalue weighted by Gasteiger charge is -2.18. The second kappa shape index (κ2) is 11.3. The van der Waals surface area contributed by atoms with E-state index in [0.29, 0.717) is 46.7 Å². The van der Waals surface area contributed by atoms with E-state index >= 15 is 0 Å². The lowest BCUT2D eigenvalue weighted by Crippen LogP contribution is -2.38. The quantitative estimate of drug-likeness (QED) is 0.186. The highest BCUT2D eigenvalue weighted by atomic mass is 35.5. The first-order valence-electron chi connectivity index (χ1n) is 12.2. The van der Waals surface area contributed by atoms with Gasteiger partial charge in [-0.25, -0.2) is 9.78 Å². The van der Waals surface area contributed by atoms with Crippen molar-refractivity contribution in [2.24, 2.45) is 0 Å². The Bertz CT molecular complexity index is 1680. The first kappa shape index (κ1) is 25.9. The number of methoxy groups -OCH3 is 1. The van der Waals surface area contributed by atoms with Crippen LogP contribution < -0.4 is 20.9 Å². The van der Waals surface area contributed by atoms with Crippen LogP contribution in [0.2, 0.25) is 5.15 Å². The van der Waals surface area contributed by atoms with Gasteiger partial charge in [-0.3, -0.25) is 4.79 Å². The van der Waals surface area contributed by atoms with Crippen molar-refractivity contribution < 1.29 is 14.6 Å². The van der Waals surface area contributed by atoms with Crippen molar-refractivity contribution in [1.82, 2.24) is 25.6 Å². The fraction of sp³-hybridized carbons (Fsp3) is 0.138. The van der Waals surface area contributed by atoms with Crippen LogP contribution >= 0.6 is 11.6 Å². The second-order valence-electron chi connectivity index (χ2n) is 8.98. The number of amides is 2. The van der Waals surface area contributed by atoms with Crippen molar-refractivity contribution in [3.8, 4) is 22.8 Å². The van der Waals surface area contributed by atoms with Gasteiger partial charge in [0.2, 0.25) is 0 Å². The van der Waals surface area contributed by atoms with Crippen LogP contribution in [-0.2, 0) is 13.0 Å². The molecule has 2 heterocycles. The van der Waals surface area contributed by atoms with Crippen LogP contribution in [0.3, 0.4) is 0 Å². The number of hydrogen-bond acceptors (Lipinski definition) is 5. The minimum atomic E-state index is -0.519. The smallest absolute Gasteiger partial charge is 0.315 e. The van der Waals surface area contributed by atoms with Gasteiger partial charge >= 0.3 is 6.03 Å². The lowest BCUT2D eigenvalue weighted by molar-refractivity contribution is 0.236. The standard InChI is InChI=1S/C29H26ClN5O4/c1-39-20-9-5-8-18(12-20)16-31-29(38)33-23(13-17-6-3-2-4-7-17)28-34-26(27(30)35-28)19-10-11-22-21(14-19)24(36)15-25(37)32-22/h2-12,14-15,23H,13,16H2,1H3,(H,34,35)(H2,31,33,38)(H2,32,36,37). The molecule has 1 atom stereocenters. The zero-order valence-electron chi connectivity index (χ0n) is 21.0. The largest absolute Gasteiger partial charge is 0.507 e. The molecule has 5 N–H and O–H groups in total. The van der Waals surface area contributed by atoms with Gasteiger partial charge in [-0.1, -0.05) is 60.1 Å². The van der Waals surface area contributed by atoms with E-state index in [1.807, 2.05) is 54.6 Å². The summed E-state index contributed by atoms with van der Waals surface area (Å²) in [5.41, 5.74) is 3.09. The average Bonchev–Trinajstić information content (AvgIpc) is 3.33. The minimum absolute atomic E-state index is 0.140. The number of rotatable bonds is 8. The third-order valence-electron chi connectivity index (χ3n) is 6.28. The summed E-state index contributed by atoms with van der Waals surface area (Å²) in [7, 11) is 1.59. The number of halogens is 1. The molecule has 0 bridgehead atoms. The highest BCUT2D eigenvalue weighted by molar-refractivity contribution is 6.32. The Kier molecular flexibility index (Phi) is 7.51. The molecule has 5 rings (SSSR count). The van der Waals surface area contributed by atoms with Gasteiger partial charge in [0.25, 0.3) is 5.56 Å². The predicted molar refractivity (Wildman–Crippen MR) is 150 cm³/mol. The number of carbonyl (C=O) groups is 1. The van der Waals surface area contributed by atoms with Crippen LogP contribution in [0.4, 0.5) is 4.79 Å². The maximum Gasteiger partial charge on any atom is 0.315 e. The van der Waals surface area contributed by atoms with E-state index in [2.05, 4.69) is 20.6 Å². The van der Waals surface area contributed by atoms with Crippen LogP contribution in [-0.4, -0.2) is 33.2 Å². The van der Waals surface area contributed by atoms with Crippen LogP contribution in [0.15, 0.2) is 83.7 Å². The normalized spacial score (nSPS) is 11.7. The Morgan fingerprint density at radius 2 is 1.82 bits per heavy atom. The zero-order chi connectivity index (χ0) is 27.4. The summed E-state index contributed by atoms with van der Waals surface area (Å²) < 4.78 is 5.25. The maximum atomic E-state index is 12.9. The molecule has 0 saturated carbocycles. The summed E-state index contributed by atoms with van der Waals surface area (Å²) >= 11 is 6.57. The van der Waals surface area contributed by atoms with Gasteiger partial charge in [-0.05, 0) is 41.8 Å². The number of urea groups is 1. The third-order valence-corrected chi connectivity index (χ3v) is 6.55. The van der Waals surface area contributed by atoms with Gasteiger partial charge in [0.15, 0.2) is 0 Å². The van der Waals surface area contributed by atoms with Crippen LogP contribution in [0.5, 0.6) is 11.5 Å². The molecule has 0 fully saturated rings. The Morgan fingerprint density at radius 3 is 2.62 bits per heavy atom. The topological polar surface area (TPSA) is 132 Å². The number of imidazole rings is 1. The number of aromatic nitrogens is 3. The van der Waals surface area contributed by atoms with E-state index in [1.165, 1.54) is 0 Å². The van der Waals surface area contributed by atoms with E-state index in [9.17, 15) is 14.7 Å². The molecule has 0 spiro atoms. The molecule has 1 unspecified atom stereocenters. The van der Waals surface area contributed by atoms with Crippen molar-refractivity contribution in [2.45, 2.75) is 19.0 Å². The number of nitrogens with one attached hydrogen (secondary N) is 4. The fourth-order valence-electron chi connectivity index (χ4n) is 4.35. The molecular weight excluding hydrogens is 518 g/mol. The van der Waals surface area contributed by atoms with E-state index in [-0.39, 0.29) is 16.9 Å². The van der Waals surface area contributed by atoms with Gasteiger partial charge in [-0.15, -0.1) is 0 Å². The number of nitrogens with zero attached hydrogens (tertiary/aromatic N) is 1. The number of fused-ring (bicyclic) bond motifs is 1. The van der Waals surface area contributed by atoms with Crippen molar-refractivity contribution >= 4 is 28.5 Å². The highest BCUT2D eigenvalue weighted by Gasteiger charge is 2.22. The van der Waals surface area contributed by atoms with Crippen molar-refractivity contribution in [3.05, 3.63) is 111 Å². The number of aromatic hydroxyl groups is 1. The molecule has 0 aliphatic heterocycles. The van der Waals surface area contributed by atoms with E-state index < -0.39 is 11.6 Å².